The Morgan fingerprint density at radius 2 is 1.72 bits per heavy atom. The van der Waals surface area contributed by atoms with Crippen LogP contribution in [0.1, 0.15) is 34.3 Å². The van der Waals surface area contributed by atoms with E-state index in [1.165, 1.54) is 12.1 Å². The molecule has 0 heterocycles. The SMILES string of the molecule is C[C@@H](c1ccc(F)cc1)c1ccccc1C(=O)O. The molecule has 0 radical (unpaired) electrons. The Hall–Kier alpha value is -2.16. The average molecular weight is 244 g/mol. The highest BCUT2D eigenvalue weighted by Crippen LogP contribution is 2.27. The van der Waals surface area contributed by atoms with Gasteiger partial charge in [-0.05, 0) is 29.3 Å². The van der Waals surface area contributed by atoms with Crippen LogP contribution >= 0.6 is 0 Å². The van der Waals surface area contributed by atoms with Gasteiger partial charge in [-0.25, -0.2) is 9.18 Å². The van der Waals surface area contributed by atoms with Crippen molar-refractivity contribution in [2.45, 2.75) is 12.8 Å². The van der Waals surface area contributed by atoms with E-state index in [9.17, 15) is 9.18 Å². The topological polar surface area (TPSA) is 37.3 Å². The lowest BCUT2D eigenvalue weighted by Crippen LogP contribution is -2.06. The number of halogens is 1. The first kappa shape index (κ1) is 12.3. The number of hydrogen-bond acceptors (Lipinski definition) is 1. The second-order valence-corrected chi connectivity index (χ2v) is 4.17. The molecule has 0 unspecified atom stereocenters. The van der Waals surface area contributed by atoms with Crippen molar-refractivity contribution in [2.75, 3.05) is 0 Å². The van der Waals surface area contributed by atoms with Gasteiger partial charge in [0.25, 0.3) is 0 Å². The third kappa shape index (κ3) is 2.40. The zero-order chi connectivity index (χ0) is 13.1. The van der Waals surface area contributed by atoms with E-state index in [0.29, 0.717) is 0 Å². The standard InChI is InChI=1S/C15H13FO2/c1-10(11-6-8-12(16)9-7-11)13-4-2-3-5-14(13)15(17)18/h2-10H,1H3,(H,17,18)/t10-/m0/s1. The van der Waals surface area contributed by atoms with E-state index in [1.807, 2.05) is 13.0 Å². The van der Waals surface area contributed by atoms with Crippen molar-refractivity contribution in [3.63, 3.8) is 0 Å². The number of hydrogen-bond donors (Lipinski definition) is 1. The van der Waals surface area contributed by atoms with Crippen LogP contribution in [0.5, 0.6) is 0 Å². The zero-order valence-electron chi connectivity index (χ0n) is 9.93. The third-order valence-electron chi connectivity index (χ3n) is 3.03. The quantitative estimate of drug-likeness (QED) is 0.894. The summed E-state index contributed by atoms with van der Waals surface area (Å²) in [6, 6.07) is 13.0. The lowest BCUT2D eigenvalue weighted by molar-refractivity contribution is 0.0695. The number of benzene rings is 2. The van der Waals surface area contributed by atoms with Gasteiger partial charge in [0.05, 0.1) is 5.56 Å². The van der Waals surface area contributed by atoms with Crippen LogP contribution in [0.15, 0.2) is 48.5 Å². The van der Waals surface area contributed by atoms with Crippen LogP contribution in [-0.2, 0) is 0 Å². The summed E-state index contributed by atoms with van der Waals surface area (Å²) in [4.78, 5) is 11.2. The second-order valence-electron chi connectivity index (χ2n) is 4.17. The summed E-state index contributed by atoms with van der Waals surface area (Å²) >= 11 is 0. The Bertz CT molecular complexity index is 561. The summed E-state index contributed by atoms with van der Waals surface area (Å²) in [6.07, 6.45) is 0. The van der Waals surface area contributed by atoms with E-state index < -0.39 is 5.97 Å². The molecule has 1 atom stereocenters. The van der Waals surface area contributed by atoms with Crippen molar-refractivity contribution in [1.82, 2.24) is 0 Å². The highest BCUT2D eigenvalue weighted by Gasteiger charge is 2.16. The summed E-state index contributed by atoms with van der Waals surface area (Å²) in [7, 11) is 0. The maximum Gasteiger partial charge on any atom is 0.335 e. The predicted octanol–water partition coefficient (Wildman–Crippen LogP) is 3.68. The summed E-state index contributed by atoms with van der Waals surface area (Å²) in [5.74, 6) is -1.32. The van der Waals surface area contributed by atoms with Gasteiger partial charge < -0.3 is 5.11 Å². The lowest BCUT2D eigenvalue weighted by Gasteiger charge is -2.14. The molecule has 0 aliphatic carbocycles. The molecule has 92 valence electrons. The molecule has 2 rings (SSSR count). The fourth-order valence-corrected chi connectivity index (χ4v) is 2.00. The van der Waals surface area contributed by atoms with Gasteiger partial charge in [-0.3, -0.25) is 0 Å². The average Bonchev–Trinajstić information content (AvgIpc) is 2.39. The monoisotopic (exact) mass is 244 g/mol. The van der Waals surface area contributed by atoms with Crippen LogP contribution in [0.3, 0.4) is 0 Å². The van der Waals surface area contributed by atoms with E-state index in [1.54, 1.807) is 30.3 Å². The van der Waals surface area contributed by atoms with Gasteiger partial charge >= 0.3 is 5.97 Å². The van der Waals surface area contributed by atoms with Crippen molar-refractivity contribution in [3.05, 3.63) is 71.0 Å². The highest BCUT2D eigenvalue weighted by molar-refractivity contribution is 5.89. The van der Waals surface area contributed by atoms with Gasteiger partial charge in [-0.1, -0.05) is 37.3 Å². The molecule has 1 N–H and O–H groups in total. The maximum absolute atomic E-state index is 12.9. The predicted molar refractivity (Wildman–Crippen MR) is 67.3 cm³/mol. The van der Waals surface area contributed by atoms with Crippen molar-refractivity contribution < 1.29 is 14.3 Å². The minimum atomic E-state index is -0.945. The zero-order valence-corrected chi connectivity index (χ0v) is 9.93. The molecule has 0 bridgehead atoms. The fourth-order valence-electron chi connectivity index (χ4n) is 2.00. The van der Waals surface area contributed by atoms with Gasteiger partial charge in [0.2, 0.25) is 0 Å². The molecule has 2 aromatic rings. The van der Waals surface area contributed by atoms with Crippen molar-refractivity contribution in [2.24, 2.45) is 0 Å². The van der Waals surface area contributed by atoms with E-state index >= 15 is 0 Å². The van der Waals surface area contributed by atoms with Gasteiger partial charge in [-0.2, -0.15) is 0 Å². The number of carboxylic acid groups (broad SMARTS) is 1. The molecule has 0 amide bonds. The molecule has 0 aliphatic rings. The Labute approximate surface area is 105 Å². The van der Waals surface area contributed by atoms with E-state index in [4.69, 9.17) is 5.11 Å². The molecule has 2 aromatic carbocycles. The van der Waals surface area contributed by atoms with Crippen LogP contribution in [0.2, 0.25) is 0 Å². The van der Waals surface area contributed by atoms with Gasteiger partial charge in [0.15, 0.2) is 0 Å². The number of carboxylic acids is 1. The van der Waals surface area contributed by atoms with Gasteiger partial charge in [-0.15, -0.1) is 0 Å². The highest BCUT2D eigenvalue weighted by atomic mass is 19.1. The number of carbonyl (C=O) groups is 1. The minimum absolute atomic E-state index is 0.0853. The molecular weight excluding hydrogens is 231 g/mol. The van der Waals surface area contributed by atoms with E-state index in [0.717, 1.165) is 11.1 Å². The first-order valence-electron chi connectivity index (χ1n) is 5.67. The van der Waals surface area contributed by atoms with Crippen LogP contribution in [0.4, 0.5) is 4.39 Å². The molecule has 18 heavy (non-hydrogen) atoms. The molecular formula is C15H13FO2. The number of rotatable bonds is 3. The van der Waals surface area contributed by atoms with Crippen LogP contribution < -0.4 is 0 Å². The Morgan fingerprint density at radius 3 is 2.33 bits per heavy atom. The first-order valence-corrected chi connectivity index (χ1v) is 5.67. The maximum atomic E-state index is 12.9. The summed E-state index contributed by atoms with van der Waals surface area (Å²) in [5.41, 5.74) is 1.91. The summed E-state index contributed by atoms with van der Waals surface area (Å²) in [6.45, 7) is 1.91. The molecule has 0 spiro atoms. The second kappa shape index (κ2) is 5.00. The first-order chi connectivity index (χ1) is 8.59. The largest absolute Gasteiger partial charge is 0.478 e. The van der Waals surface area contributed by atoms with Gasteiger partial charge in [0.1, 0.15) is 5.82 Å². The molecule has 3 heteroatoms. The molecule has 2 nitrogen and oxygen atoms in total. The molecule has 0 fully saturated rings. The lowest BCUT2D eigenvalue weighted by atomic mass is 9.90. The minimum Gasteiger partial charge on any atom is -0.478 e. The Morgan fingerprint density at radius 1 is 1.11 bits per heavy atom. The third-order valence-corrected chi connectivity index (χ3v) is 3.03. The Balaban J connectivity index is 2.42. The van der Waals surface area contributed by atoms with E-state index in [2.05, 4.69) is 0 Å². The molecule has 0 saturated heterocycles. The fraction of sp³-hybridized carbons (Fsp3) is 0.133. The molecule has 0 aliphatic heterocycles. The smallest absolute Gasteiger partial charge is 0.335 e. The number of aromatic carboxylic acids is 1. The molecule has 0 saturated carbocycles. The normalized spacial score (nSPS) is 12.1. The van der Waals surface area contributed by atoms with Crippen LogP contribution in [-0.4, -0.2) is 11.1 Å². The summed E-state index contributed by atoms with van der Waals surface area (Å²) in [5, 5.41) is 9.15. The van der Waals surface area contributed by atoms with Crippen LogP contribution in [0.25, 0.3) is 0 Å². The van der Waals surface area contributed by atoms with Crippen LogP contribution in [0, 0.1) is 5.82 Å². The van der Waals surface area contributed by atoms with Crippen molar-refractivity contribution >= 4 is 5.97 Å². The van der Waals surface area contributed by atoms with E-state index in [-0.39, 0.29) is 17.3 Å². The summed E-state index contributed by atoms with van der Waals surface area (Å²) < 4.78 is 12.9. The molecule has 0 aromatic heterocycles. The Kier molecular flexibility index (Phi) is 3.42. The van der Waals surface area contributed by atoms with Crippen molar-refractivity contribution in [1.29, 1.82) is 0 Å². The van der Waals surface area contributed by atoms with Crippen molar-refractivity contribution in [3.8, 4) is 0 Å². The van der Waals surface area contributed by atoms with Gasteiger partial charge in [0, 0.05) is 5.92 Å².